The molecule has 3 rings (SSSR count). The number of anilines is 1. The first-order valence-electron chi connectivity index (χ1n) is 7.57. The number of fused-ring (bicyclic) bond motifs is 1. The summed E-state index contributed by atoms with van der Waals surface area (Å²) in [6, 6.07) is 7.62. The summed E-state index contributed by atoms with van der Waals surface area (Å²) in [5, 5.41) is 11.2. The smallest absolute Gasteiger partial charge is 0.131 e. The number of hydrogen-bond acceptors (Lipinski definition) is 4. The molecule has 0 amide bonds. The van der Waals surface area contributed by atoms with E-state index in [0.29, 0.717) is 5.69 Å². The Morgan fingerprint density at radius 3 is 2.95 bits per heavy atom. The first-order valence-corrected chi connectivity index (χ1v) is 7.57. The zero-order chi connectivity index (χ0) is 15.0. The maximum atomic E-state index is 10.3. The van der Waals surface area contributed by atoms with Crippen molar-refractivity contribution in [2.45, 2.75) is 45.3 Å². The lowest BCUT2D eigenvalue weighted by atomic mass is 9.86. The maximum absolute atomic E-state index is 10.3. The van der Waals surface area contributed by atoms with Crippen molar-refractivity contribution < 1.29 is 9.84 Å². The highest BCUT2D eigenvalue weighted by Gasteiger charge is 2.30. The minimum Gasteiger partial charge on any atom is -0.487 e. The lowest BCUT2D eigenvalue weighted by Gasteiger charge is -2.33. The minimum absolute atomic E-state index is 0.167. The van der Waals surface area contributed by atoms with Crippen LogP contribution in [0.5, 0.6) is 5.75 Å². The fourth-order valence-electron chi connectivity index (χ4n) is 3.16. The van der Waals surface area contributed by atoms with Crippen molar-refractivity contribution in [1.29, 1.82) is 0 Å². The third-order valence-electron chi connectivity index (χ3n) is 4.34. The quantitative estimate of drug-likeness (QED) is 0.890. The number of aliphatic hydroxyl groups is 1. The Bertz CT molecular complexity index is 657. The van der Waals surface area contributed by atoms with Crippen LogP contribution in [0.15, 0.2) is 24.3 Å². The molecule has 3 N–H and O–H groups in total. The molecule has 21 heavy (non-hydrogen) atoms. The van der Waals surface area contributed by atoms with Gasteiger partial charge in [-0.15, -0.1) is 0 Å². The molecule has 1 aromatic heterocycles. The molecule has 0 bridgehead atoms. The number of benzene rings is 1. The second-order valence-electron chi connectivity index (χ2n) is 6.06. The van der Waals surface area contributed by atoms with E-state index in [0.717, 1.165) is 41.6 Å². The van der Waals surface area contributed by atoms with Gasteiger partial charge < -0.3 is 15.6 Å². The van der Waals surface area contributed by atoms with Crippen molar-refractivity contribution in [1.82, 2.24) is 4.98 Å². The molecule has 1 aliphatic rings. The van der Waals surface area contributed by atoms with Crippen molar-refractivity contribution in [2.24, 2.45) is 5.92 Å². The molecule has 3 atom stereocenters. The molecule has 1 fully saturated rings. The van der Waals surface area contributed by atoms with Gasteiger partial charge in [-0.1, -0.05) is 13.0 Å². The molecule has 0 radical (unpaired) electrons. The molecule has 3 unspecified atom stereocenters. The van der Waals surface area contributed by atoms with Crippen LogP contribution in [0, 0.1) is 12.8 Å². The monoisotopic (exact) mass is 286 g/mol. The summed E-state index contributed by atoms with van der Waals surface area (Å²) in [4.78, 5) is 4.50. The van der Waals surface area contributed by atoms with E-state index in [-0.39, 0.29) is 12.0 Å². The summed E-state index contributed by atoms with van der Waals surface area (Å²) in [6.07, 6.45) is 2.43. The predicted octanol–water partition coefficient (Wildman–Crippen LogP) is 3.05. The summed E-state index contributed by atoms with van der Waals surface area (Å²) in [5.74, 6) is 0.993. The van der Waals surface area contributed by atoms with Gasteiger partial charge in [-0.05, 0) is 50.3 Å². The summed E-state index contributed by atoms with van der Waals surface area (Å²) >= 11 is 0. The van der Waals surface area contributed by atoms with E-state index < -0.39 is 6.10 Å². The SMILES string of the molecule is Cc1cc(N)c2c(OC3CCCC(C)C3O)cccc2n1. The zero-order valence-corrected chi connectivity index (χ0v) is 12.5. The van der Waals surface area contributed by atoms with E-state index in [1.165, 1.54) is 0 Å². The van der Waals surface area contributed by atoms with Gasteiger partial charge in [-0.2, -0.15) is 0 Å². The van der Waals surface area contributed by atoms with Crippen LogP contribution in [0.2, 0.25) is 0 Å². The van der Waals surface area contributed by atoms with Crippen LogP contribution in [-0.2, 0) is 0 Å². The third kappa shape index (κ3) is 2.68. The molecule has 1 aromatic carbocycles. The predicted molar refractivity (Wildman–Crippen MR) is 84.3 cm³/mol. The molecule has 0 spiro atoms. The van der Waals surface area contributed by atoms with Gasteiger partial charge in [0.25, 0.3) is 0 Å². The van der Waals surface area contributed by atoms with Crippen molar-refractivity contribution in [2.75, 3.05) is 5.73 Å². The van der Waals surface area contributed by atoms with E-state index in [2.05, 4.69) is 11.9 Å². The fourth-order valence-corrected chi connectivity index (χ4v) is 3.16. The number of aromatic nitrogens is 1. The Hall–Kier alpha value is -1.81. The van der Waals surface area contributed by atoms with Gasteiger partial charge in [0, 0.05) is 11.4 Å². The Morgan fingerprint density at radius 1 is 1.33 bits per heavy atom. The number of rotatable bonds is 2. The molecule has 2 aromatic rings. The first kappa shape index (κ1) is 14.1. The topological polar surface area (TPSA) is 68.4 Å². The highest BCUT2D eigenvalue weighted by Crippen LogP contribution is 2.34. The largest absolute Gasteiger partial charge is 0.487 e. The van der Waals surface area contributed by atoms with Crippen molar-refractivity contribution in [3.63, 3.8) is 0 Å². The number of nitrogen functional groups attached to an aromatic ring is 1. The number of pyridine rings is 1. The molecular formula is C17H22N2O2. The van der Waals surface area contributed by atoms with E-state index in [9.17, 15) is 5.11 Å². The normalized spacial score (nSPS) is 26.0. The first-order chi connectivity index (χ1) is 10.1. The van der Waals surface area contributed by atoms with Gasteiger partial charge in [-0.3, -0.25) is 4.98 Å². The molecular weight excluding hydrogens is 264 g/mol. The fraction of sp³-hybridized carbons (Fsp3) is 0.471. The third-order valence-corrected chi connectivity index (χ3v) is 4.34. The van der Waals surface area contributed by atoms with E-state index in [1.54, 1.807) is 0 Å². The molecule has 1 heterocycles. The summed E-state index contributed by atoms with van der Waals surface area (Å²) in [6.45, 7) is 4.00. The number of hydrogen-bond donors (Lipinski definition) is 2. The second kappa shape index (κ2) is 5.53. The van der Waals surface area contributed by atoms with Crippen LogP contribution in [0.3, 0.4) is 0 Å². The van der Waals surface area contributed by atoms with Gasteiger partial charge in [0.15, 0.2) is 0 Å². The molecule has 4 nitrogen and oxygen atoms in total. The number of aryl methyl sites for hydroxylation is 1. The van der Waals surface area contributed by atoms with Gasteiger partial charge in [0.1, 0.15) is 11.9 Å². The molecule has 4 heteroatoms. The van der Waals surface area contributed by atoms with Crippen LogP contribution >= 0.6 is 0 Å². The van der Waals surface area contributed by atoms with E-state index >= 15 is 0 Å². The van der Waals surface area contributed by atoms with Crippen molar-refractivity contribution in [3.05, 3.63) is 30.0 Å². The average Bonchev–Trinajstić information content (AvgIpc) is 2.43. The minimum atomic E-state index is -0.423. The molecule has 0 aliphatic heterocycles. The van der Waals surface area contributed by atoms with Crippen LogP contribution < -0.4 is 10.5 Å². The zero-order valence-electron chi connectivity index (χ0n) is 12.5. The number of ether oxygens (including phenoxy) is 1. The maximum Gasteiger partial charge on any atom is 0.131 e. The average molecular weight is 286 g/mol. The van der Waals surface area contributed by atoms with Crippen molar-refractivity contribution in [3.8, 4) is 5.75 Å². The molecule has 1 aliphatic carbocycles. The highest BCUT2D eigenvalue weighted by molar-refractivity contribution is 5.95. The van der Waals surface area contributed by atoms with Gasteiger partial charge in [0.2, 0.25) is 0 Å². The van der Waals surface area contributed by atoms with E-state index in [1.807, 2.05) is 31.2 Å². The lowest BCUT2D eigenvalue weighted by Crippen LogP contribution is -2.40. The highest BCUT2D eigenvalue weighted by atomic mass is 16.5. The van der Waals surface area contributed by atoms with E-state index in [4.69, 9.17) is 10.5 Å². The standard InChI is InChI=1S/C17H22N2O2/c1-10-5-3-8-15(17(10)20)21-14-7-4-6-13-16(14)12(18)9-11(2)19-13/h4,6-7,9-10,15,17,20H,3,5,8H2,1-2H3,(H2,18,19). The molecule has 112 valence electrons. The second-order valence-corrected chi connectivity index (χ2v) is 6.06. The molecule has 1 saturated carbocycles. The van der Waals surface area contributed by atoms with Crippen LogP contribution in [-0.4, -0.2) is 22.3 Å². The number of aliphatic hydroxyl groups excluding tert-OH is 1. The number of nitrogens with two attached hydrogens (primary N) is 1. The lowest BCUT2D eigenvalue weighted by molar-refractivity contribution is -0.0247. The van der Waals surface area contributed by atoms with Gasteiger partial charge >= 0.3 is 0 Å². The Kier molecular flexibility index (Phi) is 3.72. The molecule has 0 saturated heterocycles. The number of nitrogens with zero attached hydrogens (tertiary/aromatic N) is 1. The van der Waals surface area contributed by atoms with Crippen LogP contribution in [0.25, 0.3) is 10.9 Å². The Morgan fingerprint density at radius 2 is 2.14 bits per heavy atom. The summed E-state index contributed by atoms with van der Waals surface area (Å²) in [5.41, 5.74) is 8.54. The van der Waals surface area contributed by atoms with Crippen LogP contribution in [0.4, 0.5) is 5.69 Å². The van der Waals surface area contributed by atoms with Crippen molar-refractivity contribution >= 4 is 16.6 Å². The summed E-state index contributed by atoms with van der Waals surface area (Å²) < 4.78 is 6.10. The van der Waals surface area contributed by atoms with Gasteiger partial charge in [-0.25, -0.2) is 0 Å². The van der Waals surface area contributed by atoms with Crippen LogP contribution in [0.1, 0.15) is 31.9 Å². The Labute approximate surface area is 124 Å². The summed E-state index contributed by atoms with van der Waals surface area (Å²) in [7, 11) is 0. The van der Waals surface area contributed by atoms with Gasteiger partial charge in [0.05, 0.1) is 17.0 Å². The Balaban J connectivity index is 1.97.